The van der Waals surface area contributed by atoms with Crippen molar-refractivity contribution >= 4 is 57.2 Å². The van der Waals surface area contributed by atoms with Crippen molar-refractivity contribution in [3.63, 3.8) is 0 Å². The number of nitrogens with two attached hydrogens (primary N) is 9. The van der Waals surface area contributed by atoms with Crippen LogP contribution in [0.4, 0.5) is 0 Å². The van der Waals surface area contributed by atoms with Crippen LogP contribution in [0.5, 0.6) is 11.5 Å². The lowest BCUT2D eigenvalue weighted by molar-refractivity contribution is -0.107. The summed E-state index contributed by atoms with van der Waals surface area (Å²) in [5.41, 5.74) is 38.7. The van der Waals surface area contributed by atoms with Gasteiger partial charge in [0.15, 0.2) is 11.5 Å². The molecule has 1 aromatic rings. The highest BCUT2D eigenvalue weighted by molar-refractivity contribution is 5.93. The lowest BCUT2D eigenvalue weighted by atomic mass is 10.2. The Hall–Kier alpha value is -5.95. The number of benzene rings is 1. The summed E-state index contributed by atoms with van der Waals surface area (Å²) in [5.74, 6) is -0.317. The van der Waals surface area contributed by atoms with Crippen LogP contribution in [0.25, 0.3) is 0 Å². The van der Waals surface area contributed by atoms with Gasteiger partial charge in [-0.3, -0.25) is 43.2 Å². The molecule has 0 aliphatic carbocycles. The van der Waals surface area contributed by atoms with E-state index in [1.54, 1.807) is 0 Å². The number of phenols is 1. The van der Waals surface area contributed by atoms with Gasteiger partial charge in [-0.05, 0) is 18.2 Å². The molecule has 0 atom stereocenters. The molecule has 1 rings (SSSR count). The molecule has 36 heavy (non-hydrogen) atoms. The standard InChI is InChI=1S/C8H9NO3.8CH3NO/c1-12-7-4-5(8(9)11)2-3-6(7)10;8*2-1-3/h2-4,10H,1H3,(H2,9,11);8*1H,(H2,2,3). The van der Waals surface area contributed by atoms with Crippen LogP contribution < -0.4 is 56.3 Å². The summed E-state index contributed by atoms with van der Waals surface area (Å²) in [6.07, 6.45) is 2.00. The van der Waals surface area contributed by atoms with Crippen LogP contribution in [0, 0.1) is 0 Å². The number of phenolic OH excluding ortho intramolecular Hbond substituents is 1. The lowest BCUT2D eigenvalue weighted by Gasteiger charge is -2.03. The first-order chi connectivity index (χ1) is 17.0. The van der Waals surface area contributed by atoms with Gasteiger partial charge in [-0.1, -0.05) is 0 Å². The minimum absolute atomic E-state index is 0.0116. The summed E-state index contributed by atoms with van der Waals surface area (Å²) in [5, 5.41) is 9.14. The third kappa shape index (κ3) is 121. The molecule has 20 nitrogen and oxygen atoms in total. The van der Waals surface area contributed by atoms with Crippen LogP contribution in [0.2, 0.25) is 0 Å². The van der Waals surface area contributed by atoms with Gasteiger partial charge in [0.1, 0.15) is 0 Å². The number of aromatic hydroxyl groups is 1. The fourth-order valence-electron chi connectivity index (χ4n) is 0.831. The second-order valence-corrected chi connectivity index (χ2v) is 3.34. The zero-order valence-corrected chi connectivity index (χ0v) is 19.1. The maximum absolute atomic E-state index is 10.7. The summed E-state index contributed by atoms with van der Waals surface area (Å²) in [6, 6.07) is 4.18. The Kier molecular flexibility index (Phi) is 102. The molecular formula is C16H33N9O11. The minimum Gasteiger partial charge on any atom is -0.504 e. The van der Waals surface area contributed by atoms with Crippen molar-refractivity contribution in [2.45, 2.75) is 0 Å². The van der Waals surface area contributed by atoms with E-state index in [1.807, 2.05) is 0 Å². The summed E-state index contributed by atoms with van der Waals surface area (Å²) in [7, 11) is 1.40. The predicted octanol–water partition coefficient (Wildman–Crippen LogP) is -6.69. The first kappa shape index (κ1) is 52.2. The van der Waals surface area contributed by atoms with E-state index in [0.717, 1.165) is 0 Å². The van der Waals surface area contributed by atoms with E-state index >= 15 is 0 Å². The van der Waals surface area contributed by atoms with Crippen LogP contribution in [-0.4, -0.2) is 69.4 Å². The van der Waals surface area contributed by atoms with Gasteiger partial charge < -0.3 is 61.4 Å². The van der Waals surface area contributed by atoms with Gasteiger partial charge >= 0.3 is 0 Å². The number of amides is 9. The molecule has 19 N–H and O–H groups in total. The predicted molar refractivity (Wildman–Crippen MR) is 125 cm³/mol. The quantitative estimate of drug-likeness (QED) is 0.161. The van der Waals surface area contributed by atoms with Crippen molar-refractivity contribution in [1.82, 2.24) is 0 Å². The van der Waals surface area contributed by atoms with Crippen molar-refractivity contribution in [1.29, 1.82) is 0 Å². The fraction of sp³-hybridized carbons (Fsp3) is 0.0625. The number of methoxy groups -OCH3 is 1. The molecule has 0 fully saturated rings. The molecular weight excluding hydrogens is 494 g/mol. The molecule has 20 heteroatoms. The number of ether oxygens (including phenoxy) is 1. The smallest absolute Gasteiger partial charge is 0.248 e. The molecule has 0 unspecified atom stereocenters. The van der Waals surface area contributed by atoms with Gasteiger partial charge in [0.2, 0.25) is 57.2 Å². The largest absolute Gasteiger partial charge is 0.504 e. The number of carbonyl (C=O) groups excluding carboxylic acids is 9. The molecule has 0 saturated carbocycles. The average molecular weight is 527 g/mol. The second-order valence-electron chi connectivity index (χ2n) is 3.34. The SMILES string of the molecule is COc1cc(C(N)=O)ccc1O.NC=O.NC=O.NC=O.NC=O.NC=O.NC=O.NC=O.NC=O. The molecule has 0 aliphatic rings. The van der Waals surface area contributed by atoms with Gasteiger partial charge in [0.05, 0.1) is 7.11 Å². The molecule has 0 aliphatic heterocycles. The van der Waals surface area contributed by atoms with E-state index in [4.69, 9.17) is 53.9 Å². The highest BCUT2D eigenvalue weighted by Gasteiger charge is 2.05. The Morgan fingerprint density at radius 2 is 0.861 bits per heavy atom. The Bertz CT molecular complexity index is 592. The van der Waals surface area contributed by atoms with E-state index in [-0.39, 0.29) is 62.8 Å². The molecule has 9 amide bonds. The third-order valence-electron chi connectivity index (χ3n) is 1.46. The van der Waals surface area contributed by atoms with Gasteiger partial charge in [-0.25, -0.2) is 0 Å². The molecule has 1 aromatic carbocycles. The molecule has 0 radical (unpaired) electrons. The van der Waals surface area contributed by atoms with Crippen LogP contribution in [0.15, 0.2) is 18.2 Å². The maximum Gasteiger partial charge on any atom is 0.248 e. The minimum atomic E-state index is -0.548. The summed E-state index contributed by atoms with van der Waals surface area (Å²) in [6.45, 7) is 0. The first-order valence-electron chi connectivity index (χ1n) is 7.87. The number of hydrogen-bond acceptors (Lipinski definition) is 11. The van der Waals surface area contributed by atoms with Gasteiger partial charge in [-0.2, -0.15) is 0 Å². The molecule has 0 heterocycles. The van der Waals surface area contributed by atoms with Crippen LogP contribution >= 0.6 is 0 Å². The monoisotopic (exact) mass is 527 g/mol. The summed E-state index contributed by atoms with van der Waals surface area (Å²) < 4.78 is 4.78. The van der Waals surface area contributed by atoms with E-state index in [2.05, 4.69) is 45.9 Å². The molecule has 0 spiro atoms. The zero-order valence-electron chi connectivity index (χ0n) is 19.1. The van der Waals surface area contributed by atoms with Crippen molar-refractivity contribution in [3.05, 3.63) is 23.8 Å². The Morgan fingerprint density at radius 1 is 0.639 bits per heavy atom. The highest BCUT2D eigenvalue weighted by Crippen LogP contribution is 2.25. The van der Waals surface area contributed by atoms with E-state index in [9.17, 15) is 4.79 Å². The fourth-order valence-corrected chi connectivity index (χ4v) is 0.831. The van der Waals surface area contributed by atoms with Crippen molar-refractivity contribution in [2.75, 3.05) is 7.11 Å². The Balaban J connectivity index is -0.0000000460. The van der Waals surface area contributed by atoms with Gasteiger partial charge in [0.25, 0.3) is 0 Å². The normalized spacial score (nSPS) is 5.81. The van der Waals surface area contributed by atoms with Crippen LogP contribution in [-0.2, 0) is 38.4 Å². The van der Waals surface area contributed by atoms with Crippen LogP contribution in [0.3, 0.4) is 0 Å². The number of carbonyl (C=O) groups is 9. The average Bonchev–Trinajstić information content (AvgIpc) is 2.78. The molecule has 0 saturated heterocycles. The van der Waals surface area contributed by atoms with Crippen molar-refractivity contribution in [3.8, 4) is 11.5 Å². The highest BCUT2D eigenvalue weighted by atomic mass is 16.5. The Morgan fingerprint density at radius 3 is 1.03 bits per heavy atom. The Labute approximate surface area is 205 Å². The molecule has 0 aromatic heterocycles. The molecule has 208 valence electrons. The number of hydrogen-bond donors (Lipinski definition) is 10. The van der Waals surface area contributed by atoms with E-state index in [1.165, 1.54) is 25.3 Å². The maximum atomic E-state index is 10.7. The third-order valence-corrected chi connectivity index (χ3v) is 1.46. The second kappa shape index (κ2) is 70.2. The zero-order chi connectivity index (χ0) is 30.8. The lowest BCUT2D eigenvalue weighted by Crippen LogP contribution is -2.10. The van der Waals surface area contributed by atoms with Crippen molar-refractivity contribution < 1.29 is 53.0 Å². The number of primary amides is 9. The molecule has 0 bridgehead atoms. The van der Waals surface area contributed by atoms with Gasteiger partial charge in [-0.15, -0.1) is 0 Å². The van der Waals surface area contributed by atoms with E-state index < -0.39 is 5.91 Å². The van der Waals surface area contributed by atoms with Crippen LogP contribution in [0.1, 0.15) is 10.4 Å². The van der Waals surface area contributed by atoms with E-state index in [0.29, 0.717) is 5.56 Å². The van der Waals surface area contributed by atoms with Gasteiger partial charge in [0, 0.05) is 5.56 Å². The topological polar surface area (TPSA) is 417 Å². The van der Waals surface area contributed by atoms with Crippen molar-refractivity contribution in [2.24, 2.45) is 51.6 Å². The summed E-state index contributed by atoms with van der Waals surface area (Å²) in [4.78, 5) is 79.3. The summed E-state index contributed by atoms with van der Waals surface area (Å²) >= 11 is 0. The number of rotatable bonds is 2. The first-order valence-corrected chi connectivity index (χ1v) is 7.87.